The molecule has 2 aromatic rings. The van der Waals surface area contributed by atoms with Crippen LogP contribution >= 0.6 is 0 Å². The first-order valence-electron chi connectivity index (χ1n) is 5.77. The van der Waals surface area contributed by atoms with Crippen LogP contribution in [-0.2, 0) is 0 Å². The minimum atomic E-state index is -0.441. The van der Waals surface area contributed by atoms with Crippen molar-refractivity contribution in [2.45, 2.75) is 20.8 Å². The van der Waals surface area contributed by atoms with E-state index in [0.29, 0.717) is 17.2 Å². The van der Waals surface area contributed by atoms with Crippen LogP contribution < -0.4 is 16.0 Å². The number of nitrogens with one attached hydrogen (secondary N) is 1. The topological polar surface area (TPSA) is 73.1 Å². The molecule has 100 valence electrons. The zero-order valence-corrected chi connectivity index (χ0v) is 11.0. The molecule has 1 heterocycles. The summed E-state index contributed by atoms with van der Waals surface area (Å²) in [5.74, 6) is 6.28. The zero-order valence-electron chi connectivity index (χ0n) is 11.0. The predicted molar refractivity (Wildman–Crippen MR) is 70.5 cm³/mol. The van der Waals surface area contributed by atoms with Gasteiger partial charge < -0.3 is 10.2 Å². The Bertz CT molecular complexity index is 616. The Kier molecular flexibility index (Phi) is 3.62. The van der Waals surface area contributed by atoms with Crippen LogP contribution in [0.25, 0.3) is 0 Å². The molecule has 0 aliphatic rings. The molecule has 0 radical (unpaired) electrons. The highest BCUT2D eigenvalue weighted by atomic mass is 19.1. The molecule has 0 amide bonds. The predicted octanol–water partition coefficient (Wildman–Crippen LogP) is 2.62. The standard InChI is InChI=1S/C13H15FN4O/c1-7-4-5-10(14)11(6-7)19-13-8(2)12(18-15)16-9(3)17-13/h4-6H,15H2,1-3H3,(H,16,17,18). The Balaban J connectivity index is 2.43. The van der Waals surface area contributed by atoms with Crippen molar-refractivity contribution < 1.29 is 9.13 Å². The van der Waals surface area contributed by atoms with Crippen LogP contribution in [0.5, 0.6) is 11.6 Å². The molecule has 19 heavy (non-hydrogen) atoms. The first kappa shape index (κ1) is 13.2. The van der Waals surface area contributed by atoms with E-state index < -0.39 is 5.82 Å². The number of nitrogen functional groups attached to an aromatic ring is 1. The van der Waals surface area contributed by atoms with Gasteiger partial charge in [-0.2, -0.15) is 4.98 Å². The maximum atomic E-state index is 13.7. The Labute approximate surface area is 110 Å². The Hall–Kier alpha value is -2.21. The van der Waals surface area contributed by atoms with Crippen LogP contribution in [0.1, 0.15) is 17.0 Å². The molecular formula is C13H15FN4O. The number of hydrazine groups is 1. The van der Waals surface area contributed by atoms with Gasteiger partial charge in [0.2, 0.25) is 5.88 Å². The summed E-state index contributed by atoms with van der Waals surface area (Å²) in [5, 5.41) is 0. The van der Waals surface area contributed by atoms with E-state index in [-0.39, 0.29) is 11.6 Å². The summed E-state index contributed by atoms with van der Waals surface area (Å²) < 4.78 is 19.2. The molecule has 2 rings (SSSR count). The summed E-state index contributed by atoms with van der Waals surface area (Å²) >= 11 is 0. The van der Waals surface area contributed by atoms with Gasteiger partial charge >= 0.3 is 0 Å². The molecule has 0 atom stereocenters. The zero-order chi connectivity index (χ0) is 14.0. The van der Waals surface area contributed by atoms with Gasteiger partial charge in [0.25, 0.3) is 0 Å². The SMILES string of the molecule is Cc1ccc(F)c(Oc2nc(C)nc(NN)c2C)c1. The van der Waals surface area contributed by atoms with Crippen molar-refractivity contribution in [2.75, 3.05) is 5.43 Å². The van der Waals surface area contributed by atoms with Crippen LogP contribution in [0.15, 0.2) is 18.2 Å². The van der Waals surface area contributed by atoms with Gasteiger partial charge in [0.05, 0.1) is 5.56 Å². The molecule has 0 spiro atoms. The molecule has 1 aromatic heterocycles. The van der Waals surface area contributed by atoms with Crippen LogP contribution in [0, 0.1) is 26.6 Å². The number of nitrogens with two attached hydrogens (primary N) is 1. The van der Waals surface area contributed by atoms with E-state index in [1.54, 1.807) is 26.0 Å². The lowest BCUT2D eigenvalue weighted by Gasteiger charge is -2.12. The summed E-state index contributed by atoms with van der Waals surface area (Å²) in [7, 11) is 0. The molecule has 3 N–H and O–H groups in total. The van der Waals surface area contributed by atoms with Crippen molar-refractivity contribution >= 4 is 5.82 Å². The maximum Gasteiger partial charge on any atom is 0.227 e. The number of hydrogen-bond donors (Lipinski definition) is 2. The third kappa shape index (κ3) is 2.79. The molecular weight excluding hydrogens is 247 g/mol. The van der Waals surface area contributed by atoms with Crippen LogP contribution in [0.4, 0.5) is 10.2 Å². The van der Waals surface area contributed by atoms with Crippen LogP contribution in [0.3, 0.4) is 0 Å². The second-order valence-electron chi connectivity index (χ2n) is 4.23. The van der Waals surface area contributed by atoms with E-state index in [9.17, 15) is 4.39 Å². The molecule has 0 saturated heterocycles. The second-order valence-corrected chi connectivity index (χ2v) is 4.23. The van der Waals surface area contributed by atoms with Crippen molar-refractivity contribution in [3.63, 3.8) is 0 Å². The number of aryl methyl sites for hydroxylation is 2. The number of halogens is 1. The Morgan fingerprint density at radius 3 is 2.63 bits per heavy atom. The van der Waals surface area contributed by atoms with E-state index in [1.165, 1.54) is 6.07 Å². The van der Waals surface area contributed by atoms with Crippen molar-refractivity contribution in [1.29, 1.82) is 0 Å². The summed E-state index contributed by atoms with van der Waals surface area (Å²) in [4.78, 5) is 8.26. The van der Waals surface area contributed by atoms with Gasteiger partial charge in [-0.05, 0) is 38.5 Å². The smallest absolute Gasteiger partial charge is 0.227 e. The first-order valence-corrected chi connectivity index (χ1v) is 5.77. The van der Waals surface area contributed by atoms with E-state index in [4.69, 9.17) is 10.6 Å². The summed E-state index contributed by atoms with van der Waals surface area (Å²) in [5.41, 5.74) is 3.98. The quantitative estimate of drug-likeness (QED) is 0.657. The van der Waals surface area contributed by atoms with Crippen molar-refractivity contribution in [1.82, 2.24) is 9.97 Å². The lowest BCUT2D eigenvalue weighted by Crippen LogP contribution is -2.12. The highest BCUT2D eigenvalue weighted by Crippen LogP contribution is 2.28. The van der Waals surface area contributed by atoms with E-state index in [0.717, 1.165) is 5.56 Å². The average Bonchev–Trinajstić information content (AvgIpc) is 2.37. The number of anilines is 1. The molecule has 5 nitrogen and oxygen atoms in total. The molecule has 1 aromatic carbocycles. The lowest BCUT2D eigenvalue weighted by atomic mass is 10.2. The number of aromatic nitrogens is 2. The molecule has 0 bridgehead atoms. The van der Waals surface area contributed by atoms with E-state index >= 15 is 0 Å². The lowest BCUT2D eigenvalue weighted by molar-refractivity contribution is 0.422. The first-order chi connectivity index (χ1) is 9.01. The van der Waals surface area contributed by atoms with Gasteiger partial charge in [0, 0.05) is 0 Å². The van der Waals surface area contributed by atoms with Gasteiger partial charge in [-0.25, -0.2) is 15.2 Å². The molecule has 0 saturated carbocycles. The van der Waals surface area contributed by atoms with Crippen LogP contribution in [0.2, 0.25) is 0 Å². The highest BCUT2D eigenvalue weighted by molar-refractivity contribution is 5.48. The number of ether oxygens (including phenoxy) is 1. The van der Waals surface area contributed by atoms with Crippen molar-refractivity contribution in [3.05, 3.63) is 41.0 Å². The minimum absolute atomic E-state index is 0.129. The van der Waals surface area contributed by atoms with Crippen LogP contribution in [-0.4, -0.2) is 9.97 Å². The van der Waals surface area contributed by atoms with Gasteiger partial charge in [-0.3, -0.25) is 0 Å². The highest BCUT2D eigenvalue weighted by Gasteiger charge is 2.12. The van der Waals surface area contributed by atoms with Gasteiger partial charge in [0.15, 0.2) is 11.6 Å². The summed E-state index contributed by atoms with van der Waals surface area (Å²) in [6, 6.07) is 4.64. The number of benzene rings is 1. The van der Waals surface area contributed by atoms with E-state index in [1.807, 2.05) is 6.92 Å². The number of rotatable bonds is 3. The van der Waals surface area contributed by atoms with Gasteiger partial charge in [-0.15, -0.1) is 0 Å². The molecule has 0 unspecified atom stereocenters. The fourth-order valence-corrected chi connectivity index (χ4v) is 1.64. The normalized spacial score (nSPS) is 10.4. The number of nitrogens with zero attached hydrogens (tertiary/aromatic N) is 2. The summed E-state index contributed by atoms with van der Waals surface area (Å²) in [6.45, 7) is 5.31. The largest absolute Gasteiger partial charge is 0.435 e. The van der Waals surface area contributed by atoms with Crippen molar-refractivity contribution in [3.8, 4) is 11.6 Å². The number of hydrogen-bond acceptors (Lipinski definition) is 5. The van der Waals surface area contributed by atoms with Gasteiger partial charge in [-0.1, -0.05) is 6.07 Å². The molecule has 6 heteroatoms. The average molecular weight is 262 g/mol. The molecule has 0 fully saturated rings. The van der Waals surface area contributed by atoms with E-state index in [2.05, 4.69) is 15.4 Å². The fraction of sp³-hybridized carbons (Fsp3) is 0.231. The Morgan fingerprint density at radius 1 is 1.21 bits per heavy atom. The third-order valence-corrected chi connectivity index (χ3v) is 2.64. The molecule has 0 aliphatic carbocycles. The fourth-order valence-electron chi connectivity index (χ4n) is 1.64. The Morgan fingerprint density at radius 2 is 1.95 bits per heavy atom. The molecule has 0 aliphatic heterocycles. The van der Waals surface area contributed by atoms with Crippen molar-refractivity contribution in [2.24, 2.45) is 5.84 Å². The maximum absolute atomic E-state index is 13.7. The monoisotopic (exact) mass is 262 g/mol. The van der Waals surface area contributed by atoms with Gasteiger partial charge in [0.1, 0.15) is 11.6 Å². The summed E-state index contributed by atoms with van der Waals surface area (Å²) in [6.07, 6.45) is 0. The third-order valence-electron chi connectivity index (χ3n) is 2.64. The minimum Gasteiger partial charge on any atom is -0.435 e. The second kappa shape index (κ2) is 5.19.